The lowest BCUT2D eigenvalue weighted by Gasteiger charge is -2.36. The minimum Gasteiger partial charge on any atom is -0.482 e. The Bertz CT molecular complexity index is 1990. The van der Waals surface area contributed by atoms with Gasteiger partial charge in [-0.2, -0.15) is 0 Å². The average Bonchev–Trinajstić information content (AvgIpc) is 3.20. The van der Waals surface area contributed by atoms with Gasteiger partial charge >= 0.3 is 23.9 Å². The third kappa shape index (κ3) is 18.9. The third-order valence-corrected chi connectivity index (χ3v) is 9.45. The van der Waals surface area contributed by atoms with Gasteiger partial charge in [0.25, 0.3) is 0 Å². The van der Waals surface area contributed by atoms with Gasteiger partial charge in [-0.05, 0) is 180 Å². The molecule has 0 heterocycles. The van der Waals surface area contributed by atoms with E-state index in [4.69, 9.17) is 37.9 Å². The second-order valence-electron chi connectivity index (χ2n) is 19.9. The molecule has 0 saturated heterocycles. The van der Waals surface area contributed by atoms with Gasteiger partial charge in [-0.15, -0.1) is 0 Å². The highest BCUT2D eigenvalue weighted by atomic mass is 16.6. The molecule has 352 valence electrons. The fourth-order valence-corrected chi connectivity index (χ4v) is 6.88. The van der Waals surface area contributed by atoms with E-state index in [-0.39, 0.29) is 26.4 Å². The molecule has 0 N–H and O–H groups in total. The van der Waals surface area contributed by atoms with E-state index in [9.17, 15) is 19.2 Å². The van der Waals surface area contributed by atoms with Crippen molar-refractivity contribution in [2.24, 2.45) is 0 Å². The average molecular weight is 897 g/mol. The monoisotopic (exact) mass is 896 g/mol. The van der Waals surface area contributed by atoms with Gasteiger partial charge in [0.2, 0.25) is 0 Å². The zero-order valence-electron chi connectivity index (χ0n) is 40.3. The summed E-state index contributed by atoms with van der Waals surface area (Å²) in [7, 11) is 0. The van der Waals surface area contributed by atoms with Crippen LogP contribution in [0.15, 0.2) is 97.1 Å². The summed E-state index contributed by atoms with van der Waals surface area (Å²) in [5.41, 5.74) is 1.05. The van der Waals surface area contributed by atoms with Crippen molar-refractivity contribution in [2.75, 3.05) is 26.4 Å². The van der Waals surface area contributed by atoms with Crippen LogP contribution in [0.25, 0.3) is 0 Å². The van der Waals surface area contributed by atoms with E-state index in [1.165, 1.54) is 0 Å². The highest BCUT2D eigenvalue weighted by Crippen LogP contribution is 2.42. The molecule has 12 nitrogen and oxygen atoms in total. The zero-order chi connectivity index (χ0) is 48.1. The first-order valence-corrected chi connectivity index (χ1v) is 22.0. The van der Waals surface area contributed by atoms with E-state index in [0.717, 1.165) is 22.3 Å². The molecule has 0 bridgehead atoms. The number of carbonyl (C=O) groups is 4. The number of aryl methyl sites for hydroxylation is 2. The topological polar surface area (TPSA) is 142 Å². The molecule has 0 fully saturated rings. The number of hydrogen-bond acceptors (Lipinski definition) is 12. The van der Waals surface area contributed by atoms with Crippen LogP contribution in [-0.4, -0.2) is 72.7 Å². The predicted octanol–water partition coefficient (Wildman–Crippen LogP) is 10.1. The first kappa shape index (κ1) is 51.6. The van der Waals surface area contributed by atoms with E-state index in [2.05, 4.69) is 0 Å². The Morgan fingerprint density at radius 3 is 0.769 bits per heavy atom. The van der Waals surface area contributed by atoms with Gasteiger partial charge in [0, 0.05) is 5.41 Å². The zero-order valence-corrected chi connectivity index (χ0v) is 40.3. The molecule has 0 radical (unpaired) electrons. The van der Waals surface area contributed by atoms with E-state index in [1.54, 1.807) is 0 Å². The largest absolute Gasteiger partial charge is 0.482 e. The van der Waals surface area contributed by atoms with Crippen molar-refractivity contribution in [3.05, 3.63) is 119 Å². The van der Waals surface area contributed by atoms with Crippen molar-refractivity contribution in [1.82, 2.24) is 0 Å². The van der Waals surface area contributed by atoms with Crippen LogP contribution in [-0.2, 0) is 56.4 Å². The van der Waals surface area contributed by atoms with Gasteiger partial charge < -0.3 is 37.9 Å². The summed E-state index contributed by atoms with van der Waals surface area (Å²) in [5, 5.41) is 0. The highest BCUT2D eigenvalue weighted by molar-refractivity contribution is 5.73. The normalized spacial score (nSPS) is 12.1. The fraction of sp³-hybridized carbons (Fsp3) is 0.472. The Hall–Kier alpha value is -6.04. The molecular formula is C53H68O12. The number of hydrogen-bond donors (Lipinski definition) is 0. The molecule has 0 aromatic heterocycles. The standard InChI is InChI=1S/C53H68O12/c1-49(2,3)62-45(54)33-58-41-21-13-37(14-22-41)29-31-53(39-17-25-43(26-18-39)60-35-47(56)64-51(7,8)9,40-19-27-44(28-20-40)61-36-48(57)65-52(10,11)12)32-30-38-15-23-42(24-16-38)59-34-46(55)63-50(4,5)6/h13-28H,29-36H2,1-12H3. The summed E-state index contributed by atoms with van der Waals surface area (Å²) < 4.78 is 44.9. The molecule has 0 aliphatic carbocycles. The molecule has 0 saturated carbocycles. The van der Waals surface area contributed by atoms with Crippen LogP contribution >= 0.6 is 0 Å². The van der Waals surface area contributed by atoms with Crippen LogP contribution in [0.5, 0.6) is 23.0 Å². The van der Waals surface area contributed by atoms with E-state index in [0.29, 0.717) is 48.7 Å². The molecule has 4 rings (SSSR count). The van der Waals surface area contributed by atoms with E-state index < -0.39 is 51.7 Å². The minimum absolute atomic E-state index is 0.203. The number of carbonyl (C=O) groups excluding carboxylic acids is 4. The summed E-state index contributed by atoms with van der Waals surface area (Å²) >= 11 is 0. The van der Waals surface area contributed by atoms with E-state index >= 15 is 0 Å². The predicted molar refractivity (Wildman–Crippen MR) is 249 cm³/mol. The van der Waals surface area contributed by atoms with Crippen LogP contribution in [0.4, 0.5) is 0 Å². The van der Waals surface area contributed by atoms with Crippen LogP contribution in [0.2, 0.25) is 0 Å². The highest BCUT2D eigenvalue weighted by Gasteiger charge is 2.34. The molecule has 0 unspecified atom stereocenters. The smallest absolute Gasteiger partial charge is 0.344 e. The van der Waals surface area contributed by atoms with Crippen molar-refractivity contribution in [2.45, 2.75) is 137 Å². The summed E-state index contributed by atoms with van der Waals surface area (Å²) in [6.45, 7) is 20.8. The second-order valence-corrected chi connectivity index (χ2v) is 19.9. The van der Waals surface area contributed by atoms with Gasteiger partial charge in [0.15, 0.2) is 26.4 Å². The van der Waals surface area contributed by atoms with Gasteiger partial charge in [-0.25, -0.2) is 19.2 Å². The van der Waals surface area contributed by atoms with Crippen LogP contribution < -0.4 is 18.9 Å². The van der Waals surface area contributed by atoms with Crippen LogP contribution in [0.3, 0.4) is 0 Å². The third-order valence-electron chi connectivity index (χ3n) is 9.45. The molecule has 0 aliphatic rings. The molecule has 0 atom stereocenters. The van der Waals surface area contributed by atoms with Crippen molar-refractivity contribution in [3.8, 4) is 23.0 Å². The van der Waals surface area contributed by atoms with Gasteiger partial charge in [0.1, 0.15) is 45.4 Å². The number of rotatable bonds is 20. The summed E-state index contributed by atoms with van der Waals surface area (Å²) in [5.74, 6) is 0.307. The molecule has 0 amide bonds. The van der Waals surface area contributed by atoms with Gasteiger partial charge in [-0.1, -0.05) is 48.5 Å². The fourth-order valence-electron chi connectivity index (χ4n) is 6.88. The van der Waals surface area contributed by atoms with Gasteiger partial charge in [-0.3, -0.25) is 0 Å². The number of benzene rings is 4. The van der Waals surface area contributed by atoms with Crippen molar-refractivity contribution in [1.29, 1.82) is 0 Å². The molecule has 4 aromatic carbocycles. The maximum absolute atomic E-state index is 12.5. The first-order valence-electron chi connectivity index (χ1n) is 22.0. The van der Waals surface area contributed by atoms with Crippen LogP contribution in [0.1, 0.15) is 118 Å². The van der Waals surface area contributed by atoms with Crippen LogP contribution in [0, 0.1) is 0 Å². The Balaban J connectivity index is 1.67. The number of ether oxygens (including phenoxy) is 8. The van der Waals surface area contributed by atoms with Crippen molar-refractivity contribution < 1.29 is 57.1 Å². The molecule has 4 aromatic rings. The Morgan fingerprint density at radius 2 is 0.554 bits per heavy atom. The SMILES string of the molecule is CC(C)(C)OC(=O)COc1ccc(CCC(CCc2ccc(OCC(=O)OC(C)(C)C)cc2)(c2ccc(OCC(=O)OC(C)(C)C)cc2)c2ccc(OCC(=O)OC(C)(C)C)cc2)cc1. The Labute approximate surface area is 385 Å². The first-order chi connectivity index (χ1) is 30.3. The maximum atomic E-state index is 12.5. The summed E-state index contributed by atoms with van der Waals surface area (Å²) in [6.07, 6.45) is 2.66. The van der Waals surface area contributed by atoms with Crippen molar-refractivity contribution in [3.63, 3.8) is 0 Å². The van der Waals surface area contributed by atoms with E-state index in [1.807, 2.05) is 180 Å². The summed E-state index contributed by atoms with van der Waals surface area (Å²) in [4.78, 5) is 49.6. The molecule has 0 spiro atoms. The second kappa shape index (κ2) is 22.2. The quantitative estimate of drug-likeness (QED) is 0.0616. The molecule has 12 heteroatoms. The molecule has 65 heavy (non-hydrogen) atoms. The maximum Gasteiger partial charge on any atom is 0.344 e. The lowest BCUT2D eigenvalue weighted by Crippen LogP contribution is -2.30. The molecule has 0 aliphatic heterocycles. The lowest BCUT2D eigenvalue weighted by atomic mass is 9.67. The van der Waals surface area contributed by atoms with Gasteiger partial charge in [0.05, 0.1) is 0 Å². The Morgan fingerprint density at radius 1 is 0.338 bits per heavy atom. The minimum atomic E-state index is -0.638. The lowest BCUT2D eigenvalue weighted by molar-refractivity contribution is -0.158. The molecular weight excluding hydrogens is 829 g/mol. The number of esters is 4. The van der Waals surface area contributed by atoms with Crippen molar-refractivity contribution >= 4 is 23.9 Å². The Kier molecular flexibility index (Phi) is 17.7. The summed E-state index contributed by atoms with van der Waals surface area (Å²) in [6, 6.07) is 30.9.